The number of hydrogen-bond acceptors (Lipinski definition) is 3. The lowest BCUT2D eigenvalue weighted by Gasteiger charge is -2.11. The highest BCUT2D eigenvalue weighted by Gasteiger charge is 2.10. The molecule has 1 aromatic heterocycles. The Labute approximate surface area is 95.9 Å². The highest BCUT2D eigenvalue weighted by Crippen LogP contribution is 2.28. The van der Waals surface area contributed by atoms with E-state index in [9.17, 15) is 5.11 Å². The van der Waals surface area contributed by atoms with Crippen LogP contribution in [0.15, 0.2) is 30.5 Å². The standard InChI is InChI=1S/C11H12N2O.C2H6/c1-7(14)11-8-3-2-6-13-10(8)5-4-9(11)12;1-2/h2-7,14H,12H2,1H3;1-2H3. The molecule has 0 saturated heterocycles. The zero-order valence-corrected chi connectivity index (χ0v) is 9.94. The first-order valence-electron chi connectivity index (χ1n) is 5.51. The normalized spacial score (nSPS) is 11.8. The molecule has 86 valence electrons. The maximum absolute atomic E-state index is 9.59. The Kier molecular flexibility index (Phi) is 4.26. The fraction of sp³-hybridized carbons (Fsp3) is 0.308. The Morgan fingerprint density at radius 1 is 1.25 bits per heavy atom. The van der Waals surface area contributed by atoms with E-state index in [1.807, 2.05) is 32.0 Å². The number of rotatable bonds is 1. The molecule has 2 aromatic rings. The van der Waals surface area contributed by atoms with Gasteiger partial charge in [-0.25, -0.2) is 0 Å². The number of pyridine rings is 1. The lowest BCUT2D eigenvalue weighted by molar-refractivity contribution is 0.201. The van der Waals surface area contributed by atoms with Gasteiger partial charge in [-0.3, -0.25) is 4.98 Å². The summed E-state index contributed by atoms with van der Waals surface area (Å²) in [6.07, 6.45) is 1.16. The summed E-state index contributed by atoms with van der Waals surface area (Å²) in [5, 5.41) is 10.5. The second-order valence-electron chi connectivity index (χ2n) is 3.31. The van der Waals surface area contributed by atoms with Gasteiger partial charge >= 0.3 is 0 Å². The van der Waals surface area contributed by atoms with Crippen LogP contribution < -0.4 is 5.73 Å². The van der Waals surface area contributed by atoms with E-state index in [-0.39, 0.29) is 0 Å². The first-order chi connectivity index (χ1) is 7.70. The largest absolute Gasteiger partial charge is 0.398 e. The first-order valence-corrected chi connectivity index (χ1v) is 5.51. The molecule has 3 N–H and O–H groups in total. The number of fused-ring (bicyclic) bond motifs is 1. The number of hydrogen-bond donors (Lipinski definition) is 2. The lowest BCUT2D eigenvalue weighted by atomic mass is 10.0. The molecule has 0 bridgehead atoms. The molecule has 1 heterocycles. The smallest absolute Gasteiger partial charge is 0.0788 e. The van der Waals surface area contributed by atoms with E-state index in [1.54, 1.807) is 19.2 Å². The summed E-state index contributed by atoms with van der Waals surface area (Å²) in [4.78, 5) is 4.20. The van der Waals surface area contributed by atoms with Crippen LogP contribution >= 0.6 is 0 Å². The van der Waals surface area contributed by atoms with E-state index < -0.39 is 6.10 Å². The lowest BCUT2D eigenvalue weighted by Crippen LogP contribution is -1.99. The predicted octanol–water partition coefficient (Wildman–Crippen LogP) is 2.90. The number of aliphatic hydroxyl groups excluding tert-OH is 1. The molecule has 0 fully saturated rings. The summed E-state index contributed by atoms with van der Waals surface area (Å²) in [7, 11) is 0. The molecular weight excluding hydrogens is 200 g/mol. The predicted molar refractivity (Wildman–Crippen MR) is 68.1 cm³/mol. The molecule has 1 aromatic carbocycles. The van der Waals surface area contributed by atoms with Gasteiger partial charge in [-0.2, -0.15) is 0 Å². The summed E-state index contributed by atoms with van der Waals surface area (Å²) in [5.41, 5.74) is 8.03. The average molecular weight is 218 g/mol. The van der Waals surface area contributed by atoms with Gasteiger partial charge in [0.15, 0.2) is 0 Å². The first kappa shape index (κ1) is 12.5. The van der Waals surface area contributed by atoms with Gasteiger partial charge in [0.1, 0.15) is 0 Å². The van der Waals surface area contributed by atoms with Gasteiger partial charge in [-0.1, -0.05) is 19.9 Å². The van der Waals surface area contributed by atoms with Crippen LogP contribution in [0.5, 0.6) is 0 Å². The van der Waals surface area contributed by atoms with Crippen LogP contribution in [-0.4, -0.2) is 10.1 Å². The molecule has 1 unspecified atom stereocenters. The van der Waals surface area contributed by atoms with Crippen LogP contribution in [0.2, 0.25) is 0 Å². The molecular formula is C13H18N2O. The highest BCUT2D eigenvalue weighted by molar-refractivity contribution is 5.86. The molecule has 0 aliphatic heterocycles. The minimum absolute atomic E-state index is 0.567. The third-order valence-electron chi connectivity index (χ3n) is 2.28. The van der Waals surface area contributed by atoms with Crippen molar-refractivity contribution in [2.45, 2.75) is 26.9 Å². The molecule has 3 nitrogen and oxygen atoms in total. The second-order valence-corrected chi connectivity index (χ2v) is 3.31. The van der Waals surface area contributed by atoms with Crippen molar-refractivity contribution in [1.29, 1.82) is 0 Å². The zero-order chi connectivity index (χ0) is 12.1. The van der Waals surface area contributed by atoms with Gasteiger partial charge in [0.25, 0.3) is 0 Å². The molecule has 0 amide bonds. The average Bonchev–Trinajstić information content (AvgIpc) is 2.31. The number of nitrogens with two attached hydrogens (primary N) is 1. The zero-order valence-electron chi connectivity index (χ0n) is 9.94. The van der Waals surface area contributed by atoms with Crippen LogP contribution in [0.3, 0.4) is 0 Å². The number of benzene rings is 1. The molecule has 0 aliphatic rings. The maximum Gasteiger partial charge on any atom is 0.0788 e. The summed E-state index contributed by atoms with van der Waals surface area (Å²) >= 11 is 0. The van der Waals surface area contributed by atoms with Gasteiger partial charge in [-0.15, -0.1) is 0 Å². The Morgan fingerprint density at radius 2 is 1.94 bits per heavy atom. The van der Waals surface area contributed by atoms with Crippen molar-refractivity contribution >= 4 is 16.6 Å². The minimum Gasteiger partial charge on any atom is -0.398 e. The van der Waals surface area contributed by atoms with Crippen LogP contribution in [0.1, 0.15) is 32.4 Å². The Bertz CT molecular complexity index is 466. The molecule has 1 atom stereocenters. The molecule has 3 heteroatoms. The Balaban J connectivity index is 0.000000606. The number of nitrogens with zero attached hydrogens (tertiary/aromatic N) is 1. The van der Waals surface area contributed by atoms with E-state index in [1.165, 1.54) is 0 Å². The third-order valence-corrected chi connectivity index (χ3v) is 2.28. The Morgan fingerprint density at radius 3 is 2.56 bits per heavy atom. The van der Waals surface area contributed by atoms with E-state index >= 15 is 0 Å². The van der Waals surface area contributed by atoms with Gasteiger partial charge in [0.2, 0.25) is 0 Å². The van der Waals surface area contributed by atoms with Crippen molar-refractivity contribution in [3.63, 3.8) is 0 Å². The number of aliphatic hydroxyl groups is 1. The van der Waals surface area contributed by atoms with E-state index in [0.717, 1.165) is 16.5 Å². The van der Waals surface area contributed by atoms with Crippen molar-refractivity contribution in [2.24, 2.45) is 0 Å². The van der Waals surface area contributed by atoms with E-state index in [4.69, 9.17) is 5.73 Å². The van der Waals surface area contributed by atoms with E-state index in [0.29, 0.717) is 5.69 Å². The summed E-state index contributed by atoms with van der Waals surface area (Å²) in [6.45, 7) is 5.71. The van der Waals surface area contributed by atoms with Crippen LogP contribution in [-0.2, 0) is 0 Å². The van der Waals surface area contributed by atoms with Gasteiger partial charge in [0, 0.05) is 22.8 Å². The van der Waals surface area contributed by atoms with Gasteiger partial charge in [-0.05, 0) is 25.1 Å². The summed E-state index contributed by atoms with van der Waals surface area (Å²) in [6, 6.07) is 7.39. The van der Waals surface area contributed by atoms with Crippen molar-refractivity contribution in [3.8, 4) is 0 Å². The molecule has 2 rings (SSSR count). The van der Waals surface area contributed by atoms with Crippen molar-refractivity contribution < 1.29 is 5.11 Å². The fourth-order valence-corrected chi connectivity index (χ4v) is 1.66. The summed E-state index contributed by atoms with van der Waals surface area (Å²) < 4.78 is 0. The topological polar surface area (TPSA) is 59.1 Å². The van der Waals surface area contributed by atoms with Gasteiger partial charge < -0.3 is 10.8 Å². The number of aromatic nitrogens is 1. The van der Waals surface area contributed by atoms with Crippen LogP contribution in [0.4, 0.5) is 5.69 Å². The van der Waals surface area contributed by atoms with Crippen molar-refractivity contribution in [3.05, 3.63) is 36.0 Å². The second kappa shape index (κ2) is 5.47. The Hall–Kier alpha value is -1.61. The molecule has 0 spiro atoms. The molecule has 16 heavy (non-hydrogen) atoms. The highest BCUT2D eigenvalue weighted by atomic mass is 16.3. The van der Waals surface area contributed by atoms with Crippen molar-refractivity contribution in [2.75, 3.05) is 5.73 Å². The number of nitrogen functional groups attached to an aromatic ring is 1. The third kappa shape index (κ3) is 2.31. The quantitative estimate of drug-likeness (QED) is 0.723. The molecule has 0 saturated carbocycles. The molecule has 0 radical (unpaired) electrons. The maximum atomic E-state index is 9.59. The van der Waals surface area contributed by atoms with E-state index in [2.05, 4.69) is 4.98 Å². The van der Waals surface area contributed by atoms with Crippen LogP contribution in [0.25, 0.3) is 10.9 Å². The van der Waals surface area contributed by atoms with Gasteiger partial charge in [0.05, 0.1) is 11.6 Å². The number of anilines is 1. The van der Waals surface area contributed by atoms with Crippen LogP contribution in [0, 0.1) is 0 Å². The minimum atomic E-state index is -0.567. The van der Waals surface area contributed by atoms with Crippen molar-refractivity contribution in [1.82, 2.24) is 4.98 Å². The SMILES string of the molecule is CC.CC(O)c1c(N)ccc2ncccc12. The fourth-order valence-electron chi connectivity index (χ4n) is 1.66. The summed E-state index contributed by atoms with van der Waals surface area (Å²) in [5.74, 6) is 0. The molecule has 0 aliphatic carbocycles. The monoisotopic (exact) mass is 218 g/mol.